The Labute approximate surface area is 288 Å². The maximum absolute atomic E-state index is 12.2. The molecule has 2 rings (SSSR count). The summed E-state index contributed by atoms with van der Waals surface area (Å²) in [6.45, 7) is 9.33. The Bertz CT molecular complexity index is 1190. The molecule has 0 saturated heterocycles. The second kappa shape index (κ2) is 26.3. The van der Waals surface area contributed by atoms with Gasteiger partial charge in [-0.2, -0.15) is 0 Å². The van der Waals surface area contributed by atoms with E-state index in [2.05, 4.69) is 27.7 Å². The van der Waals surface area contributed by atoms with Gasteiger partial charge >= 0.3 is 23.9 Å². The van der Waals surface area contributed by atoms with Gasteiger partial charge in [-0.15, -0.1) is 0 Å². The predicted molar refractivity (Wildman–Crippen MR) is 191 cm³/mol. The van der Waals surface area contributed by atoms with E-state index in [1.165, 1.54) is 12.5 Å². The number of carboxylic acid groups (broad SMARTS) is 2. The first-order chi connectivity index (χ1) is 23.2. The molecule has 0 amide bonds. The normalized spacial score (nSPS) is 10.6. The lowest BCUT2D eigenvalue weighted by atomic mass is 9.89. The quantitative estimate of drug-likeness (QED) is 0.0835. The molecule has 2 aromatic rings. The van der Waals surface area contributed by atoms with E-state index in [9.17, 15) is 29.4 Å². The largest absolute Gasteiger partial charge is 0.478 e. The van der Waals surface area contributed by atoms with Crippen LogP contribution in [0.5, 0.6) is 0 Å². The smallest absolute Gasteiger partial charge is 0.339 e. The van der Waals surface area contributed by atoms with Gasteiger partial charge < -0.3 is 19.7 Å². The number of ether oxygens (including phenoxy) is 2. The Balaban J connectivity index is 0.000000480. The van der Waals surface area contributed by atoms with Gasteiger partial charge in [0, 0.05) is 0 Å². The van der Waals surface area contributed by atoms with Crippen LogP contribution in [0.4, 0.5) is 0 Å². The first-order valence-corrected chi connectivity index (χ1v) is 18.3. The summed E-state index contributed by atoms with van der Waals surface area (Å²) in [4.78, 5) is 47.5. The molecule has 0 aliphatic carbocycles. The Morgan fingerprint density at radius 3 is 1.35 bits per heavy atom. The fourth-order valence-corrected chi connectivity index (χ4v) is 5.49. The van der Waals surface area contributed by atoms with Gasteiger partial charge in [0.2, 0.25) is 0 Å². The molecule has 2 N–H and O–H groups in total. The van der Waals surface area contributed by atoms with E-state index < -0.39 is 23.9 Å². The molecule has 0 fully saturated rings. The lowest BCUT2D eigenvalue weighted by molar-refractivity contribution is 0.0450. The van der Waals surface area contributed by atoms with Gasteiger partial charge in [0.1, 0.15) is 0 Å². The Kier molecular flexibility index (Phi) is 23.2. The Morgan fingerprint density at radius 1 is 0.500 bits per heavy atom. The van der Waals surface area contributed by atoms with Crippen LogP contribution in [0, 0.1) is 0 Å². The molecule has 268 valence electrons. The monoisotopic (exact) mass is 668 g/mol. The minimum atomic E-state index is -1.17. The third-order valence-corrected chi connectivity index (χ3v) is 8.26. The number of hydrogen-bond acceptors (Lipinski definition) is 6. The third kappa shape index (κ3) is 16.4. The van der Waals surface area contributed by atoms with Gasteiger partial charge in [-0.25, -0.2) is 19.2 Å². The van der Waals surface area contributed by atoms with Crippen LogP contribution in [0.2, 0.25) is 0 Å². The summed E-state index contributed by atoms with van der Waals surface area (Å²) in [7, 11) is 0. The first-order valence-electron chi connectivity index (χ1n) is 18.3. The third-order valence-electron chi connectivity index (χ3n) is 8.26. The molecule has 0 atom stereocenters. The molecule has 0 bridgehead atoms. The number of carbonyl (C=O) groups excluding carboxylic acids is 2. The zero-order chi connectivity index (χ0) is 35.6. The summed E-state index contributed by atoms with van der Waals surface area (Å²) < 4.78 is 10.6. The van der Waals surface area contributed by atoms with Crippen molar-refractivity contribution in [2.75, 3.05) is 13.2 Å². The van der Waals surface area contributed by atoms with Crippen molar-refractivity contribution in [2.45, 2.75) is 143 Å². The van der Waals surface area contributed by atoms with Crippen molar-refractivity contribution in [1.82, 2.24) is 0 Å². The van der Waals surface area contributed by atoms with Gasteiger partial charge in [0.05, 0.1) is 35.5 Å². The summed E-state index contributed by atoms with van der Waals surface area (Å²) in [5.74, 6) is -3.21. The van der Waals surface area contributed by atoms with Crippen molar-refractivity contribution in [3.05, 3.63) is 69.8 Å². The maximum Gasteiger partial charge on any atom is 0.339 e. The van der Waals surface area contributed by atoms with Crippen molar-refractivity contribution in [2.24, 2.45) is 0 Å². The number of carbonyl (C=O) groups is 4. The molecule has 0 spiro atoms. The summed E-state index contributed by atoms with van der Waals surface area (Å²) >= 11 is 0. The first kappa shape index (κ1) is 42.3. The van der Waals surface area contributed by atoms with Crippen molar-refractivity contribution in [3.8, 4) is 0 Å². The zero-order valence-corrected chi connectivity index (χ0v) is 30.0. The molecule has 0 aliphatic rings. The molecular formula is C40H60O8. The minimum absolute atomic E-state index is 0.00742. The van der Waals surface area contributed by atoms with Crippen LogP contribution < -0.4 is 0 Å². The molecule has 0 radical (unpaired) electrons. The Hall–Kier alpha value is -3.68. The van der Waals surface area contributed by atoms with Gasteiger partial charge in [-0.05, 0) is 67.9 Å². The molecule has 0 unspecified atom stereocenters. The van der Waals surface area contributed by atoms with Crippen LogP contribution in [0.3, 0.4) is 0 Å². The molecule has 0 aliphatic heterocycles. The van der Waals surface area contributed by atoms with Crippen molar-refractivity contribution < 1.29 is 38.9 Å². The van der Waals surface area contributed by atoms with E-state index in [1.807, 2.05) is 6.07 Å². The number of aryl methyl sites for hydroxylation is 1. The minimum Gasteiger partial charge on any atom is -0.478 e. The Morgan fingerprint density at radius 2 is 0.938 bits per heavy atom. The second-order valence-corrected chi connectivity index (χ2v) is 12.3. The highest BCUT2D eigenvalue weighted by atomic mass is 16.5. The highest BCUT2D eigenvalue weighted by Gasteiger charge is 2.22. The van der Waals surface area contributed by atoms with Crippen LogP contribution in [-0.4, -0.2) is 47.3 Å². The van der Waals surface area contributed by atoms with Crippen molar-refractivity contribution in [3.63, 3.8) is 0 Å². The second-order valence-electron chi connectivity index (χ2n) is 12.3. The van der Waals surface area contributed by atoms with Gasteiger partial charge in [0.15, 0.2) is 0 Å². The standard InChI is InChI=1S/2C20H30O4/c1-3-5-7-11-15-23-19(21)17-13-9-10-14-18(17)20(22)24-16-12-8-6-4-2;1-3-5-7-9-11-15-13-14-17(19(21)22)18(20(23)24)16(15)12-10-8-6-4-2/h9-10,13-14H,3-8,11-12,15-16H2,1-2H3;13-14H,3-12H2,1-2H3,(H,21,22)(H,23,24). The highest BCUT2D eigenvalue weighted by molar-refractivity contribution is 6.03. The molecule has 8 heteroatoms. The van der Waals surface area contributed by atoms with Gasteiger partial charge in [-0.3, -0.25) is 0 Å². The van der Waals surface area contributed by atoms with Crippen molar-refractivity contribution in [1.29, 1.82) is 0 Å². The summed E-state index contributed by atoms with van der Waals surface area (Å²) in [6.07, 6.45) is 18.5. The maximum atomic E-state index is 12.2. The summed E-state index contributed by atoms with van der Waals surface area (Å²) in [6, 6.07) is 9.95. The number of rotatable bonds is 24. The number of aromatic carboxylic acids is 2. The van der Waals surface area contributed by atoms with Crippen LogP contribution in [0.25, 0.3) is 0 Å². The molecule has 0 heterocycles. The molecule has 2 aromatic carbocycles. The van der Waals surface area contributed by atoms with Crippen LogP contribution in [-0.2, 0) is 22.3 Å². The SMILES string of the molecule is CCCCCCOC(=O)c1ccccc1C(=O)OCCCCCC.CCCCCCc1ccc(C(=O)O)c(C(=O)O)c1CCCCCC. The number of esters is 2. The van der Waals surface area contributed by atoms with Gasteiger partial charge in [0.25, 0.3) is 0 Å². The predicted octanol–water partition coefficient (Wildman–Crippen LogP) is 10.5. The zero-order valence-electron chi connectivity index (χ0n) is 30.0. The molecule has 8 nitrogen and oxygen atoms in total. The molecule has 0 aromatic heterocycles. The van der Waals surface area contributed by atoms with Crippen LogP contribution in [0.1, 0.15) is 183 Å². The number of hydrogen-bond donors (Lipinski definition) is 2. The van der Waals surface area contributed by atoms with E-state index in [0.717, 1.165) is 114 Å². The molecule has 0 saturated carbocycles. The lowest BCUT2D eigenvalue weighted by Gasteiger charge is -2.15. The topological polar surface area (TPSA) is 127 Å². The van der Waals surface area contributed by atoms with E-state index in [4.69, 9.17) is 9.47 Å². The molecular weight excluding hydrogens is 608 g/mol. The fraction of sp³-hybridized carbons (Fsp3) is 0.600. The van der Waals surface area contributed by atoms with E-state index >= 15 is 0 Å². The average Bonchev–Trinajstić information content (AvgIpc) is 3.08. The number of benzene rings is 2. The van der Waals surface area contributed by atoms with Gasteiger partial charge in [-0.1, -0.05) is 123 Å². The number of unbranched alkanes of at least 4 members (excludes halogenated alkanes) is 12. The number of carboxylic acids is 2. The average molecular weight is 669 g/mol. The van der Waals surface area contributed by atoms with Crippen molar-refractivity contribution >= 4 is 23.9 Å². The van der Waals surface area contributed by atoms with E-state index in [1.54, 1.807) is 24.3 Å². The van der Waals surface area contributed by atoms with E-state index in [-0.39, 0.29) is 22.3 Å². The summed E-state index contributed by atoms with van der Waals surface area (Å²) in [5.41, 5.74) is 2.20. The van der Waals surface area contributed by atoms with E-state index in [0.29, 0.717) is 19.6 Å². The van der Waals surface area contributed by atoms with Crippen LogP contribution >= 0.6 is 0 Å². The highest BCUT2D eigenvalue weighted by Crippen LogP contribution is 2.25. The van der Waals surface area contributed by atoms with Crippen LogP contribution in [0.15, 0.2) is 36.4 Å². The molecule has 48 heavy (non-hydrogen) atoms. The summed E-state index contributed by atoms with van der Waals surface area (Å²) in [5, 5.41) is 18.9. The lowest BCUT2D eigenvalue weighted by Crippen LogP contribution is -2.15. The fourth-order valence-electron chi connectivity index (χ4n) is 5.49.